The molecule has 21 heavy (non-hydrogen) atoms. The lowest BCUT2D eigenvalue weighted by Crippen LogP contribution is -2.46. The number of hydrogen-bond donors (Lipinski definition) is 0. The zero-order chi connectivity index (χ0) is 14.7. The summed E-state index contributed by atoms with van der Waals surface area (Å²) in [7, 11) is 0. The lowest BCUT2D eigenvalue weighted by molar-refractivity contribution is 0.149. The number of carbonyl (C=O) groups is 1. The average Bonchev–Trinajstić information content (AvgIpc) is 2.95. The number of aromatic nitrogens is 2. The standard InChI is InChI=1S/C16H18BrN3O/c17-14-11-18-20(12-14)16(21)19-9-5-4-8-15(19)10-13-6-2-1-3-7-13/h1-3,6-7,11-12,15H,4-5,8-10H2. The van der Waals surface area contributed by atoms with Gasteiger partial charge in [0, 0.05) is 18.8 Å². The first kappa shape index (κ1) is 14.3. The number of piperidine rings is 1. The molecule has 5 heteroatoms. The Kier molecular flexibility index (Phi) is 4.39. The van der Waals surface area contributed by atoms with E-state index >= 15 is 0 Å². The quantitative estimate of drug-likeness (QED) is 0.830. The molecule has 2 heterocycles. The lowest BCUT2D eigenvalue weighted by Gasteiger charge is -2.35. The van der Waals surface area contributed by atoms with Gasteiger partial charge in [-0.3, -0.25) is 0 Å². The van der Waals surface area contributed by atoms with E-state index in [0.29, 0.717) is 0 Å². The Labute approximate surface area is 132 Å². The van der Waals surface area contributed by atoms with Crippen LogP contribution < -0.4 is 0 Å². The van der Waals surface area contributed by atoms with Gasteiger partial charge >= 0.3 is 6.03 Å². The van der Waals surface area contributed by atoms with E-state index in [-0.39, 0.29) is 12.1 Å². The average molecular weight is 348 g/mol. The molecule has 1 saturated heterocycles. The van der Waals surface area contributed by atoms with Crippen molar-refractivity contribution in [3.63, 3.8) is 0 Å². The second-order valence-corrected chi connectivity index (χ2v) is 6.33. The van der Waals surface area contributed by atoms with Gasteiger partial charge in [0.25, 0.3) is 0 Å². The highest BCUT2D eigenvalue weighted by Gasteiger charge is 2.28. The van der Waals surface area contributed by atoms with Crippen LogP contribution in [0.15, 0.2) is 47.2 Å². The molecular weight excluding hydrogens is 330 g/mol. The maximum Gasteiger partial charge on any atom is 0.344 e. The lowest BCUT2D eigenvalue weighted by atomic mass is 9.96. The van der Waals surface area contributed by atoms with Crippen LogP contribution in [0.5, 0.6) is 0 Å². The van der Waals surface area contributed by atoms with Crippen molar-refractivity contribution in [2.45, 2.75) is 31.7 Å². The highest BCUT2D eigenvalue weighted by atomic mass is 79.9. The summed E-state index contributed by atoms with van der Waals surface area (Å²) >= 11 is 3.34. The molecule has 1 atom stereocenters. The molecule has 110 valence electrons. The van der Waals surface area contributed by atoms with Crippen molar-refractivity contribution in [3.05, 3.63) is 52.8 Å². The Morgan fingerprint density at radius 1 is 1.29 bits per heavy atom. The predicted molar refractivity (Wildman–Crippen MR) is 85.2 cm³/mol. The van der Waals surface area contributed by atoms with Gasteiger partial charge in [0.05, 0.1) is 10.7 Å². The molecule has 1 aliphatic rings. The zero-order valence-electron chi connectivity index (χ0n) is 11.8. The van der Waals surface area contributed by atoms with Crippen LogP contribution >= 0.6 is 15.9 Å². The van der Waals surface area contributed by atoms with Gasteiger partial charge in [-0.15, -0.1) is 0 Å². The minimum atomic E-state index is -0.0265. The molecule has 1 unspecified atom stereocenters. The third kappa shape index (κ3) is 3.35. The fourth-order valence-corrected chi connectivity index (χ4v) is 3.17. The summed E-state index contributed by atoms with van der Waals surface area (Å²) in [5.74, 6) is 0. The minimum Gasteiger partial charge on any atom is -0.320 e. The highest BCUT2D eigenvalue weighted by molar-refractivity contribution is 9.10. The van der Waals surface area contributed by atoms with E-state index < -0.39 is 0 Å². The Hall–Kier alpha value is -1.62. The third-order valence-corrected chi connectivity index (χ3v) is 4.34. The van der Waals surface area contributed by atoms with E-state index in [1.807, 2.05) is 11.0 Å². The maximum atomic E-state index is 12.6. The Morgan fingerprint density at radius 2 is 2.10 bits per heavy atom. The van der Waals surface area contributed by atoms with E-state index in [1.54, 1.807) is 12.4 Å². The monoisotopic (exact) mass is 347 g/mol. The van der Waals surface area contributed by atoms with E-state index in [1.165, 1.54) is 16.7 Å². The first-order valence-electron chi connectivity index (χ1n) is 7.29. The second-order valence-electron chi connectivity index (χ2n) is 5.42. The van der Waals surface area contributed by atoms with Crippen LogP contribution in [0.1, 0.15) is 24.8 Å². The molecule has 2 aromatic rings. The summed E-state index contributed by atoms with van der Waals surface area (Å²) < 4.78 is 2.25. The van der Waals surface area contributed by atoms with E-state index in [0.717, 1.165) is 30.3 Å². The highest BCUT2D eigenvalue weighted by Crippen LogP contribution is 2.22. The van der Waals surface area contributed by atoms with Gasteiger partial charge in [-0.25, -0.2) is 4.79 Å². The van der Waals surface area contributed by atoms with Crippen LogP contribution in [0.2, 0.25) is 0 Å². The molecule has 0 spiro atoms. The van der Waals surface area contributed by atoms with Crippen LogP contribution in [-0.4, -0.2) is 33.3 Å². The molecule has 4 nitrogen and oxygen atoms in total. The Morgan fingerprint density at radius 3 is 2.81 bits per heavy atom. The summed E-state index contributed by atoms with van der Waals surface area (Å²) in [4.78, 5) is 14.6. The van der Waals surface area contributed by atoms with Crippen LogP contribution in [0.25, 0.3) is 0 Å². The molecule has 1 aromatic carbocycles. The fraction of sp³-hybridized carbons (Fsp3) is 0.375. The molecule has 0 bridgehead atoms. The van der Waals surface area contributed by atoms with E-state index in [9.17, 15) is 4.79 Å². The topological polar surface area (TPSA) is 38.1 Å². The van der Waals surface area contributed by atoms with Crippen molar-refractivity contribution >= 4 is 22.0 Å². The number of likely N-dealkylation sites (tertiary alicyclic amines) is 1. The molecule has 0 aliphatic carbocycles. The van der Waals surface area contributed by atoms with Crippen LogP contribution in [0.4, 0.5) is 4.79 Å². The fourth-order valence-electron chi connectivity index (χ4n) is 2.89. The number of benzene rings is 1. The molecule has 0 saturated carbocycles. The van der Waals surface area contributed by atoms with Crippen molar-refractivity contribution in [3.8, 4) is 0 Å². The zero-order valence-corrected chi connectivity index (χ0v) is 13.4. The van der Waals surface area contributed by atoms with E-state index in [2.05, 4.69) is 45.3 Å². The maximum absolute atomic E-state index is 12.6. The van der Waals surface area contributed by atoms with Gasteiger partial charge in [-0.2, -0.15) is 9.78 Å². The van der Waals surface area contributed by atoms with Gasteiger partial charge < -0.3 is 4.90 Å². The second kappa shape index (κ2) is 6.43. The van der Waals surface area contributed by atoms with Crippen LogP contribution in [-0.2, 0) is 6.42 Å². The summed E-state index contributed by atoms with van der Waals surface area (Å²) in [6, 6.07) is 10.6. The van der Waals surface area contributed by atoms with Crippen molar-refractivity contribution in [1.29, 1.82) is 0 Å². The first-order chi connectivity index (χ1) is 10.2. The summed E-state index contributed by atoms with van der Waals surface area (Å²) in [5, 5.41) is 4.11. The number of nitrogens with zero attached hydrogens (tertiary/aromatic N) is 3. The number of hydrogen-bond acceptors (Lipinski definition) is 2. The largest absolute Gasteiger partial charge is 0.344 e. The van der Waals surface area contributed by atoms with Gasteiger partial charge in [0.2, 0.25) is 0 Å². The third-order valence-electron chi connectivity index (χ3n) is 3.93. The van der Waals surface area contributed by atoms with Crippen molar-refractivity contribution in [1.82, 2.24) is 14.7 Å². The number of amides is 1. The number of carbonyl (C=O) groups excluding carboxylic acids is 1. The van der Waals surface area contributed by atoms with Gasteiger partial charge in [0.1, 0.15) is 0 Å². The molecular formula is C16H18BrN3O. The molecule has 1 aromatic heterocycles. The molecule has 0 radical (unpaired) electrons. The van der Waals surface area contributed by atoms with Crippen molar-refractivity contribution in [2.24, 2.45) is 0 Å². The molecule has 0 N–H and O–H groups in total. The summed E-state index contributed by atoms with van der Waals surface area (Å²) in [5.41, 5.74) is 1.28. The predicted octanol–water partition coefficient (Wildman–Crippen LogP) is 3.71. The van der Waals surface area contributed by atoms with Gasteiger partial charge in [0.15, 0.2) is 0 Å². The Balaban J connectivity index is 1.76. The first-order valence-corrected chi connectivity index (χ1v) is 8.08. The smallest absolute Gasteiger partial charge is 0.320 e. The summed E-state index contributed by atoms with van der Waals surface area (Å²) in [6.45, 7) is 0.813. The molecule has 3 rings (SSSR count). The molecule has 1 aliphatic heterocycles. The van der Waals surface area contributed by atoms with Crippen molar-refractivity contribution < 1.29 is 4.79 Å². The number of halogens is 1. The molecule has 1 amide bonds. The normalized spacial score (nSPS) is 18.7. The van der Waals surface area contributed by atoms with Crippen LogP contribution in [0, 0.1) is 0 Å². The van der Waals surface area contributed by atoms with Crippen molar-refractivity contribution in [2.75, 3.05) is 6.54 Å². The van der Waals surface area contributed by atoms with Gasteiger partial charge in [-0.05, 0) is 47.2 Å². The SMILES string of the molecule is O=C(N1CCCCC1Cc1ccccc1)n1cc(Br)cn1. The number of rotatable bonds is 2. The minimum absolute atomic E-state index is 0.0265. The van der Waals surface area contributed by atoms with Gasteiger partial charge in [-0.1, -0.05) is 30.3 Å². The van der Waals surface area contributed by atoms with Crippen LogP contribution in [0.3, 0.4) is 0 Å². The molecule has 1 fully saturated rings. The Bertz CT molecular complexity index is 611. The summed E-state index contributed by atoms with van der Waals surface area (Å²) in [6.07, 6.45) is 7.59. The van der Waals surface area contributed by atoms with E-state index in [4.69, 9.17) is 0 Å².